The summed E-state index contributed by atoms with van der Waals surface area (Å²) in [6.07, 6.45) is 1.51. The van der Waals surface area contributed by atoms with Crippen LogP contribution in [0.2, 0.25) is 0 Å². The number of aryl methyl sites for hydroxylation is 1. The molecule has 0 spiro atoms. The van der Waals surface area contributed by atoms with Crippen molar-refractivity contribution in [2.24, 2.45) is 0 Å². The summed E-state index contributed by atoms with van der Waals surface area (Å²) in [5, 5.41) is 0. The van der Waals surface area contributed by atoms with Crippen molar-refractivity contribution in [2.45, 2.75) is 31.8 Å². The van der Waals surface area contributed by atoms with E-state index in [0.717, 1.165) is 5.56 Å². The van der Waals surface area contributed by atoms with Gasteiger partial charge in [-0.25, -0.2) is 13.4 Å². The van der Waals surface area contributed by atoms with Gasteiger partial charge in [0.05, 0.1) is 16.6 Å². The number of pyridine rings is 1. The van der Waals surface area contributed by atoms with Gasteiger partial charge in [0.15, 0.2) is 0 Å². The lowest BCUT2D eigenvalue weighted by atomic mass is 10.2. The van der Waals surface area contributed by atoms with Crippen LogP contribution in [0.25, 0.3) is 0 Å². The molecule has 8 heteroatoms. The molecule has 0 atom stereocenters. The Kier molecular flexibility index (Phi) is 6.00. The third-order valence-corrected chi connectivity index (χ3v) is 6.44. The van der Waals surface area contributed by atoms with Crippen molar-refractivity contribution in [3.8, 4) is 5.88 Å². The Hall–Kier alpha value is -2.45. The molecule has 2 aromatic rings. The van der Waals surface area contributed by atoms with E-state index in [0.29, 0.717) is 24.5 Å². The molecule has 0 saturated carbocycles. The third-order valence-electron chi connectivity index (χ3n) is 4.52. The molecule has 2 heterocycles. The minimum atomic E-state index is -3.54. The number of amides is 1. The molecule has 0 N–H and O–H groups in total. The van der Waals surface area contributed by atoms with Gasteiger partial charge in [-0.05, 0) is 39.0 Å². The number of carbonyl (C=O) groups excluding carboxylic acids is 1. The van der Waals surface area contributed by atoms with E-state index in [4.69, 9.17) is 4.74 Å². The van der Waals surface area contributed by atoms with E-state index < -0.39 is 10.0 Å². The van der Waals surface area contributed by atoms with Crippen LogP contribution in [0.1, 0.15) is 29.8 Å². The van der Waals surface area contributed by atoms with Crippen LogP contribution in [0.4, 0.5) is 0 Å². The quantitative estimate of drug-likeness (QED) is 0.765. The summed E-state index contributed by atoms with van der Waals surface area (Å²) >= 11 is 0. The summed E-state index contributed by atoms with van der Waals surface area (Å²) in [7, 11) is -3.54. The standard InChI is InChI=1S/C20H25N3O4S/c1-15(2)27-19-9-6-17(14-21-19)20(24)22-10-12-23(13-11-22)28(25,26)18-7-4-16(3)5-8-18/h4-9,14-15H,10-13H2,1-3H3. The number of sulfonamides is 1. The van der Waals surface area contributed by atoms with Gasteiger partial charge in [0.2, 0.25) is 15.9 Å². The molecule has 1 amide bonds. The number of benzene rings is 1. The van der Waals surface area contributed by atoms with Crippen LogP contribution in [-0.4, -0.2) is 60.8 Å². The van der Waals surface area contributed by atoms with Gasteiger partial charge in [0.25, 0.3) is 5.91 Å². The fourth-order valence-electron chi connectivity index (χ4n) is 2.99. The van der Waals surface area contributed by atoms with Gasteiger partial charge >= 0.3 is 0 Å². The van der Waals surface area contributed by atoms with E-state index in [9.17, 15) is 13.2 Å². The monoisotopic (exact) mass is 403 g/mol. The largest absolute Gasteiger partial charge is 0.475 e. The predicted molar refractivity (Wildman–Crippen MR) is 106 cm³/mol. The van der Waals surface area contributed by atoms with E-state index >= 15 is 0 Å². The molecular formula is C20H25N3O4S. The van der Waals surface area contributed by atoms with Crippen molar-refractivity contribution in [3.05, 3.63) is 53.7 Å². The summed E-state index contributed by atoms with van der Waals surface area (Å²) < 4.78 is 32.5. The van der Waals surface area contributed by atoms with Crippen molar-refractivity contribution < 1.29 is 17.9 Å². The Balaban J connectivity index is 1.63. The molecule has 0 aliphatic carbocycles. The Morgan fingerprint density at radius 2 is 1.68 bits per heavy atom. The molecule has 1 aromatic heterocycles. The molecule has 7 nitrogen and oxygen atoms in total. The zero-order valence-corrected chi connectivity index (χ0v) is 17.1. The van der Waals surface area contributed by atoms with Gasteiger partial charge < -0.3 is 9.64 Å². The van der Waals surface area contributed by atoms with Gasteiger partial charge in [0, 0.05) is 38.4 Å². The maximum atomic E-state index is 12.8. The van der Waals surface area contributed by atoms with Gasteiger partial charge in [0.1, 0.15) is 0 Å². The first-order chi connectivity index (χ1) is 13.3. The lowest BCUT2D eigenvalue weighted by Gasteiger charge is -2.34. The average molecular weight is 404 g/mol. The molecule has 3 rings (SSSR count). The van der Waals surface area contributed by atoms with Crippen LogP contribution in [0.3, 0.4) is 0 Å². The highest BCUT2D eigenvalue weighted by Crippen LogP contribution is 2.19. The Bertz CT molecular complexity index is 917. The van der Waals surface area contributed by atoms with Gasteiger partial charge in [-0.1, -0.05) is 17.7 Å². The molecule has 1 saturated heterocycles. The second-order valence-corrected chi connectivity index (χ2v) is 9.00. The maximum absolute atomic E-state index is 12.8. The first kappa shape index (κ1) is 20.3. The van der Waals surface area contributed by atoms with E-state index in [1.807, 2.05) is 20.8 Å². The van der Waals surface area contributed by atoms with Crippen LogP contribution in [0, 0.1) is 6.92 Å². The number of carbonyl (C=O) groups is 1. The molecule has 0 radical (unpaired) electrons. The topological polar surface area (TPSA) is 79.8 Å². The lowest BCUT2D eigenvalue weighted by Crippen LogP contribution is -2.50. The zero-order valence-electron chi connectivity index (χ0n) is 16.3. The fraction of sp³-hybridized carbons (Fsp3) is 0.400. The minimum absolute atomic E-state index is 0.0117. The SMILES string of the molecule is Cc1ccc(S(=O)(=O)N2CCN(C(=O)c3ccc(OC(C)C)nc3)CC2)cc1. The Morgan fingerprint density at radius 1 is 1.04 bits per heavy atom. The zero-order chi connectivity index (χ0) is 20.3. The molecule has 1 aliphatic heterocycles. The summed E-state index contributed by atoms with van der Waals surface area (Å²) in [5.41, 5.74) is 1.47. The van der Waals surface area contributed by atoms with E-state index in [2.05, 4.69) is 4.98 Å². The highest BCUT2D eigenvalue weighted by Gasteiger charge is 2.30. The normalized spacial score (nSPS) is 15.6. The molecule has 0 bridgehead atoms. The van der Waals surface area contributed by atoms with Gasteiger partial charge in [-0.2, -0.15) is 4.31 Å². The smallest absolute Gasteiger partial charge is 0.255 e. The molecule has 1 fully saturated rings. The van der Waals surface area contributed by atoms with Crippen LogP contribution in [0.5, 0.6) is 5.88 Å². The molecule has 1 aromatic carbocycles. The summed E-state index contributed by atoms with van der Waals surface area (Å²) in [4.78, 5) is 18.8. The Morgan fingerprint density at radius 3 is 2.21 bits per heavy atom. The van der Waals surface area contributed by atoms with Crippen molar-refractivity contribution >= 4 is 15.9 Å². The number of nitrogens with zero attached hydrogens (tertiary/aromatic N) is 3. The summed E-state index contributed by atoms with van der Waals surface area (Å²) in [6.45, 7) is 6.95. The van der Waals surface area contributed by atoms with Gasteiger partial charge in [-0.3, -0.25) is 4.79 Å². The number of aromatic nitrogens is 1. The van der Waals surface area contributed by atoms with Gasteiger partial charge in [-0.15, -0.1) is 0 Å². The first-order valence-electron chi connectivity index (χ1n) is 9.26. The minimum Gasteiger partial charge on any atom is -0.475 e. The van der Waals surface area contributed by atoms with Crippen LogP contribution in [0.15, 0.2) is 47.5 Å². The second-order valence-electron chi connectivity index (χ2n) is 7.06. The van der Waals surface area contributed by atoms with E-state index in [1.165, 1.54) is 10.5 Å². The Labute approximate surface area is 166 Å². The van der Waals surface area contributed by atoms with Crippen molar-refractivity contribution in [2.75, 3.05) is 26.2 Å². The lowest BCUT2D eigenvalue weighted by molar-refractivity contribution is 0.0697. The number of hydrogen-bond acceptors (Lipinski definition) is 5. The van der Waals surface area contributed by atoms with E-state index in [-0.39, 0.29) is 30.0 Å². The van der Waals surface area contributed by atoms with E-state index in [1.54, 1.807) is 41.3 Å². The summed E-state index contributed by atoms with van der Waals surface area (Å²) in [6, 6.07) is 10.2. The first-order valence-corrected chi connectivity index (χ1v) is 10.7. The summed E-state index contributed by atoms with van der Waals surface area (Å²) in [5.74, 6) is 0.316. The number of hydrogen-bond donors (Lipinski definition) is 0. The highest BCUT2D eigenvalue weighted by atomic mass is 32.2. The molecule has 1 aliphatic rings. The van der Waals surface area contributed by atoms with Crippen LogP contribution < -0.4 is 4.74 Å². The van der Waals surface area contributed by atoms with Crippen LogP contribution in [-0.2, 0) is 10.0 Å². The molecular weight excluding hydrogens is 378 g/mol. The highest BCUT2D eigenvalue weighted by molar-refractivity contribution is 7.89. The maximum Gasteiger partial charge on any atom is 0.255 e. The molecule has 150 valence electrons. The average Bonchev–Trinajstić information content (AvgIpc) is 2.68. The van der Waals surface area contributed by atoms with Crippen molar-refractivity contribution in [1.29, 1.82) is 0 Å². The number of rotatable bonds is 5. The van der Waals surface area contributed by atoms with Crippen molar-refractivity contribution in [1.82, 2.24) is 14.2 Å². The van der Waals surface area contributed by atoms with Crippen LogP contribution >= 0.6 is 0 Å². The fourth-order valence-corrected chi connectivity index (χ4v) is 4.41. The predicted octanol–water partition coefficient (Wildman–Crippen LogP) is 2.32. The van der Waals surface area contributed by atoms with Crippen molar-refractivity contribution in [3.63, 3.8) is 0 Å². The third kappa shape index (κ3) is 4.51. The number of ether oxygens (including phenoxy) is 1. The molecule has 0 unspecified atom stereocenters. The second kappa shape index (κ2) is 8.28. The number of piperazine rings is 1. The molecule has 28 heavy (non-hydrogen) atoms.